The van der Waals surface area contributed by atoms with Gasteiger partial charge in [-0.3, -0.25) is 10.6 Å². The predicted molar refractivity (Wildman–Crippen MR) is 39.1 cm³/mol. The van der Waals surface area contributed by atoms with Gasteiger partial charge in [0.25, 0.3) is 0 Å². The Morgan fingerprint density at radius 3 is 3.18 bits per heavy atom. The molecule has 0 saturated carbocycles. The van der Waals surface area contributed by atoms with E-state index in [0.29, 0.717) is 11.1 Å². The Morgan fingerprint density at radius 1 is 1.55 bits per heavy atom. The van der Waals surface area contributed by atoms with Crippen LogP contribution in [0.3, 0.4) is 0 Å². The van der Waals surface area contributed by atoms with Crippen LogP contribution in [0.2, 0.25) is 0 Å². The van der Waals surface area contributed by atoms with Crippen molar-refractivity contribution in [2.75, 3.05) is 5.43 Å². The van der Waals surface area contributed by atoms with Gasteiger partial charge in [-0.1, -0.05) is 6.07 Å². The highest BCUT2D eigenvalue weighted by Gasteiger charge is 2.17. The lowest BCUT2D eigenvalue weighted by Crippen LogP contribution is -2.22. The molecule has 0 aromatic heterocycles. The van der Waals surface area contributed by atoms with Crippen LogP contribution in [0, 0.1) is 6.92 Å². The Hall–Kier alpha value is -1.26. The number of hydrogen-bond donors (Lipinski definition) is 2. The van der Waals surface area contributed by atoms with Gasteiger partial charge in [0, 0.05) is 0 Å². The average Bonchev–Trinajstić information content (AvgIpc) is 2.27. The first-order valence-corrected chi connectivity index (χ1v) is 3.30. The third kappa shape index (κ3) is 1.02. The molecule has 0 atom stereocenters. The molecule has 0 amide bonds. The maximum atomic E-state index is 8.84. The molecular weight excluding hydrogens is 144 g/mol. The molecule has 1 aromatic carbocycles. The van der Waals surface area contributed by atoms with Crippen molar-refractivity contribution in [3.8, 4) is 5.75 Å². The highest BCUT2D eigenvalue weighted by molar-refractivity contribution is 5.58. The first-order valence-electron chi connectivity index (χ1n) is 3.30. The largest absolute Gasteiger partial charge is 0.360 e. The van der Waals surface area contributed by atoms with Gasteiger partial charge in [-0.15, -0.1) is 0 Å². The highest BCUT2D eigenvalue weighted by Crippen LogP contribution is 2.30. The molecule has 1 heterocycles. The molecule has 0 radical (unpaired) electrons. The monoisotopic (exact) mass is 152 g/mol. The van der Waals surface area contributed by atoms with Gasteiger partial charge in [0.2, 0.25) is 0 Å². The number of aryl methyl sites for hydroxylation is 1. The number of nitrogens with zero attached hydrogens (tertiary/aromatic N) is 1. The average molecular weight is 152 g/mol. The van der Waals surface area contributed by atoms with Crippen molar-refractivity contribution < 1.29 is 10.0 Å². The molecule has 0 aliphatic carbocycles. The molecule has 1 aliphatic heterocycles. The van der Waals surface area contributed by atoms with Crippen molar-refractivity contribution in [3.63, 3.8) is 0 Å². The standard InChI is InChI=1S/C7H8N2O2/c1-5-2-3-7-6(4-5)8-9(10)11-7/h2-4,8,10H,1H3. The minimum atomic E-state index is 0.587. The molecule has 0 saturated heterocycles. The summed E-state index contributed by atoms with van der Waals surface area (Å²) >= 11 is 0. The van der Waals surface area contributed by atoms with Gasteiger partial charge in [-0.25, -0.2) is 0 Å². The van der Waals surface area contributed by atoms with E-state index in [9.17, 15) is 0 Å². The molecular formula is C7H8N2O2. The summed E-state index contributed by atoms with van der Waals surface area (Å²) in [5.41, 5.74) is 4.51. The molecule has 4 heteroatoms. The van der Waals surface area contributed by atoms with Gasteiger partial charge in [0.05, 0.1) is 11.0 Å². The quantitative estimate of drug-likeness (QED) is 0.588. The normalized spacial score (nSPS) is 15.5. The third-order valence-corrected chi connectivity index (χ3v) is 1.54. The number of anilines is 1. The van der Waals surface area contributed by atoms with E-state index in [0.717, 1.165) is 11.3 Å². The Labute approximate surface area is 63.9 Å². The van der Waals surface area contributed by atoms with Crippen LogP contribution in [0.5, 0.6) is 5.75 Å². The second-order valence-electron chi connectivity index (χ2n) is 2.48. The van der Waals surface area contributed by atoms with Crippen molar-refractivity contribution in [2.45, 2.75) is 6.92 Å². The molecule has 0 fully saturated rings. The number of benzene rings is 1. The number of hydrazine groups is 1. The topological polar surface area (TPSA) is 44.7 Å². The van der Waals surface area contributed by atoms with Crippen LogP contribution < -0.4 is 10.3 Å². The Balaban J connectivity index is 2.43. The van der Waals surface area contributed by atoms with Crippen LogP contribution in [0.1, 0.15) is 5.56 Å². The fourth-order valence-electron chi connectivity index (χ4n) is 1.03. The van der Waals surface area contributed by atoms with Gasteiger partial charge >= 0.3 is 0 Å². The molecule has 58 valence electrons. The minimum absolute atomic E-state index is 0.587. The zero-order chi connectivity index (χ0) is 7.84. The van der Waals surface area contributed by atoms with Crippen LogP contribution in [0.15, 0.2) is 18.2 Å². The maximum absolute atomic E-state index is 8.84. The van der Waals surface area contributed by atoms with Crippen molar-refractivity contribution >= 4 is 5.69 Å². The molecule has 2 N–H and O–H groups in total. The number of nitrogens with one attached hydrogen (secondary N) is 1. The molecule has 1 aromatic rings. The van der Waals surface area contributed by atoms with Gasteiger partial charge in [0.15, 0.2) is 5.75 Å². The molecule has 0 unspecified atom stereocenters. The van der Waals surface area contributed by atoms with Crippen LogP contribution in [0.4, 0.5) is 5.69 Å². The summed E-state index contributed by atoms with van der Waals surface area (Å²) in [6.45, 7) is 1.97. The van der Waals surface area contributed by atoms with Gasteiger partial charge in [-0.05, 0) is 24.6 Å². The Kier molecular flexibility index (Phi) is 1.24. The Bertz CT molecular complexity index is 288. The van der Waals surface area contributed by atoms with Gasteiger partial charge in [-0.2, -0.15) is 0 Å². The van der Waals surface area contributed by atoms with E-state index < -0.39 is 0 Å². The number of rotatable bonds is 0. The fraction of sp³-hybridized carbons (Fsp3) is 0.143. The van der Waals surface area contributed by atoms with E-state index in [4.69, 9.17) is 10.0 Å². The molecule has 0 spiro atoms. The van der Waals surface area contributed by atoms with Crippen LogP contribution in [-0.4, -0.2) is 10.5 Å². The summed E-state index contributed by atoms with van der Waals surface area (Å²) in [7, 11) is 0. The van der Waals surface area contributed by atoms with Crippen LogP contribution in [-0.2, 0) is 0 Å². The van der Waals surface area contributed by atoms with E-state index in [2.05, 4.69) is 5.43 Å². The summed E-state index contributed by atoms with van der Waals surface area (Å²) < 4.78 is 0. The van der Waals surface area contributed by atoms with Crippen molar-refractivity contribution in [2.24, 2.45) is 0 Å². The summed E-state index contributed by atoms with van der Waals surface area (Å²) in [6.07, 6.45) is 0. The van der Waals surface area contributed by atoms with E-state index in [1.807, 2.05) is 19.1 Å². The lowest BCUT2D eigenvalue weighted by molar-refractivity contribution is -0.251. The molecule has 11 heavy (non-hydrogen) atoms. The Morgan fingerprint density at radius 2 is 2.36 bits per heavy atom. The van der Waals surface area contributed by atoms with Crippen molar-refractivity contribution in [3.05, 3.63) is 23.8 Å². The van der Waals surface area contributed by atoms with E-state index in [1.165, 1.54) is 0 Å². The second-order valence-corrected chi connectivity index (χ2v) is 2.48. The first kappa shape index (κ1) is 6.45. The summed E-state index contributed by atoms with van der Waals surface area (Å²) in [4.78, 5) is 4.84. The van der Waals surface area contributed by atoms with E-state index in [-0.39, 0.29) is 0 Å². The zero-order valence-corrected chi connectivity index (χ0v) is 6.03. The molecule has 1 aliphatic rings. The summed E-state index contributed by atoms with van der Waals surface area (Å²) in [5, 5.41) is 9.43. The zero-order valence-electron chi connectivity index (χ0n) is 6.03. The molecule has 2 rings (SSSR count). The predicted octanol–water partition coefficient (Wildman–Crippen LogP) is 1.32. The van der Waals surface area contributed by atoms with Crippen molar-refractivity contribution in [1.82, 2.24) is 5.34 Å². The number of hydrogen-bond acceptors (Lipinski definition) is 4. The lowest BCUT2D eigenvalue weighted by atomic mass is 10.2. The van der Waals surface area contributed by atoms with Gasteiger partial charge in [0.1, 0.15) is 0 Å². The lowest BCUT2D eigenvalue weighted by Gasteiger charge is -2.01. The van der Waals surface area contributed by atoms with Gasteiger partial charge < -0.3 is 4.84 Å². The van der Waals surface area contributed by atoms with Crippen LogP contribution in [0.25, 0.3) is 0 Å². The molecule has 0 bridgehead atoms. The summed E-state index contributed by atoms with van der Waals surface area (Å²) in [6, 6.07) is 5.61. The third-order valence-electron chi connectivity index (χ3n) is 1.54. The smallest absolute Gasteiger partial charge is 0.177 e. The minimum Gasteiger partial charge on any atom is -0.360 e. The van der Waals surface area contributed by atoms with E-state index in [1.54, 1.807) is 6.07 Å². The highest BCUT2D eigenvalue weighted by atomic mass is 16.9. The first-order chi connectivity index (χ1) is 5.25. The maximum Gasteiger partial charge on any atom is 0.177 e. The molecule has 4 nitrogen and oxygen atoms in total. The second kappa shape index (κ2) is 2.11. The summed E-state index contributed by atoms with van der Waals surface area (Å²) in [5.74, 6) is 0.637. The van der Waals surface area contributed by atoms with E-state index >= 15 is 0 Å². The fourth-order valence-corrected chi connectivity index (χ4v) is 1.03. The number of fused-ring (bicyclic) bond motifs is 1. The van der Waals surface area contributed by atoms with Crippen LogP contribution >= 0.6 is 0 Å². The van der Waals surface area contributed by atoms with Crippen molar-refractivity contribution in [1.29, 1.82) is 0 Å². The SMILES string of the molecule is Cc1ccc2c(c1)NN(O)O2.